The van der Waals surface area contributed by atoms with Gasteiger partial charge in [-0.05, 0) is 55.9 Å². The van der Waals surface area contributed by atoms with Crippen molar-refractivity contribution in [2.75, 3.05) is 0 Å². The van der Waals surface area contributed by atoms with Crippen LogP contribution in [0.4, 0.5) is 0 Å². The number of carbonyl (C=O) groups is 2. The number of rotatable bonds is 2. The second-order valence-corrected chi connectivity index (χ2v) is 8.65. The van der Waals surface area contributed by atoms with Gasteiger partial charge in [0.15, 0.2) is 0 Å². The summed E-state index contributed by atoms with van der Waals surface area (Å²) in [4.78, 5) is 24.4. The minimum atomic E-state index is -1.54. The number of carboxylic acids is 2. The van der Waals surface area contributed by atoms with Crippen LogP contribution in [0.15, 0.2) is 23.8 Å². The van der Waals surface area contributed by atoms with Crippen LogP contribution in [-0.2, 0) is 9.59 Å². The van der Waals surface area contributed by atoms with Gasteiger partial charge in [0.1, 0.15) is 0 Å². The normalized spacial score (nSPS) is 50.8. The lowest BCUT2D eigenvalue weighted by molar-refractivity contribution is -0.167. The molecule has 7 atom stereocenters. The first-order chi connectivity index (χ1) is 11.6. The highest BCUT2D eigenvalue weighted by atomic mass is 16.4. The monoisotopic (exact) mass is 348 g/mol. The van der Waals surface area contributed by atoms with Gasteiger partial charge in [-0.25, -0.2) is 0 Å². The summed E-state index contributed by atoms with van der Waals surface area (Å²) in [5, 5.41) is 41.3. The van der Waals surface area contributed by atoms with Crippen LogP contribution in [0.1, 0.15) is 39.0 Å². The van der Waals surface area contributed by atoms with E-state index in [-0.39, 0.29) is 12.3 Å². The molecule has 6 nitrogen and oxygen atoms in total. The average Bonchev–Trinajstić information content (AvgIpc) is 2.90. The smallest absolute Gasteiger partial charge is 0.312 e. The SMILES string of the molecule is C=C1CC23CC1(O)CCC2C1=CCC(O)C(C)(C(=O)O)C1C3C(=O)O. The Labute approximate surface area is 145 Å². The Kier molecular flexibility index (Phi) is 3.18. The van der Waals surface area contributed by atoms with Crippen molar-refractivity contribution in [2.24, 2.45) is 28.6 Å². The molecule has 0 aromatic carbocycles. The molecule has 3 saturated carbocycles. The summed E-state index contributed by atoms with van der Waals surface area (Å²) in [6, 6.07) is 0. The molecule has 0 heterocycles. The second-order valence-electron chi connectivity index (χ2n) is 8.65. The van der Waals surface area contributed by atoms with Crippen molar-refractivity contribution in [1.82, 2.24) is 0 Å². The van der Waals surface area contributed by atoms with Gasteiger partial charge >= 0.3 is 11.9 Å². The summed E-state index contributed by atoms with van der Waals surface area (Å²) in [6.07, 6.45) is 2.85. The van der Waals surface area contributed by atoms with Gasteiger partial charge in [0.25, 0.3) is 0 Å². The fraction of sp³-hybridized carbons (Fsp3) is 0.684. The number of hydrogen-bond donors (Lipinski definition) is 4. The zero-order chi connectivity index (χ0) is 18.4. The Morgan fingerprint density at radius 3 is 2.60 bits per heavy atom. The Morgan fingerprint density at radius 2 is 2.00 bits per heavy atom. The zero-order valence-electron chi connectivity index (χ0n) is 14.2. The van der Waals surface area contributed by atoms with Crippen molar-refractivity contribution in [2.45, 2.75) is 50.7 Å². The number of aliphatic carboxylic acids is 2. The van der Waals surface area contributed by atoms with Gasteiger partial charge in [-0.15, -0.1) is 0 Å². The van der Waals surface area contributed by atoms with Gasteiger partial charge in [-0.2, -0.15) is 0 Å². The molecule has 4 N–H and O–H groups in total. The van der Waals surface area contributed by atoms with E-state index in [1.165, 1.54) is 6.92 Å². The number of fused-ring (bicyclic) bond motifs is 3. The molecule has 25 heavy (non-hydrogen) atoms. The van der Waals surface area contributed by atoms with Gasteiger partial charge in [0.2, 0.25) is 0 Å². The molecule has 3 fully saturated rings. The maximum atomic E-state index is 12.3. The van der Waals surface area contributed by atoms with Gasteiger partial charge in [0, 0.05) is 5.92 Å². The van der Waals surface area contributed by atoms with E-state index in [4.69, 9.17) is 0 Å². The largest absolute Gasteiger partial charge is 0.481 e. The average molecular weight is 348 g/mol. The summed E-state index contributed by atoms with van der Waals surface area (Å²) in [7, 11) is 0. The molecule has 0 radical (unpaired) electrons. The van der Waals surface area contributed by atoms with Gasteiger partial charge in [-0.3, -0.25) is 9.59 Å². The first kappa shape index (κ1) is 16.8. The molecule has 4 aliphatic rings. The van der Waals surface area contributed by atoms with Crippen LogP contribution in [0.3, 0.4) is 0 Å². The van der Waals surface area contributed by atoms with Crippen molar-refractivity contribution >= 4 is 11.9 Å². The van der Waals surface area contributed by atoms with Crippen LogP contribution >= 0.6 is 0 Å². The predicted molar refractivity (Wildman–Crippen MR) is 87.5 cm³/mol. The molecular weight excluding hydrogens is 324 g/mol. The number of aliphatic hydroxyl groups excluding tert-OH is 1. The lowest BCUT2D eigenvalue weighted by Crippen LogP contribution is -2.52. The quantitative estimate of drug-likeness (QED) is 0.563. The highest BCUT2D eigenvalue weighted by Gasteiger charge is 2.73. The molecule has 7 unspecified atom stereocenters. The lowest BCUT2D eigenvalue weighted by Gasteiger charge is -2.42. The molecule has 6 heteroatoms. The Hall–Kier alpha value is -1.66. The van der Waals surface area contributed by atoms with Gasteiger partial charge in [-0.1, -0.05) is 18.2 Å². The molecule has 0 aliphatic heterocycles. The van der Waals surface area contributed by atoms with Crippen LogP contribution < -0.4 is 0 Å². The summed E-state index contributed by atoms with van der Waals surface area (Å²) >= 11 is 0. The van der Waals surface area contributed by atoms with E-state index < -0.39 is 46.3 Å². The van der Waals surface area contributed by atoms with Crippen LogP contribution in [-0.4, -0.2) is 44.1 Å². The van der Waals surface area contributed by atoms with E-state index in [0.717, 1.165) is 5.57 Å². The summed E-state index contributed by atoms with van der Waals surface area (Å²) in [5.41, 5.74) is -1.76. The van der Waals surface area contributed by atoms with Gasteiger partial charge in [0.05, 0.1) is 23.0 Å². The summed E-state index contributed by atoms with van der Waals surface area (Å²) < 4.78 is 0. The van der Waals surface area contributed by atoms with E-state index in [2.05, 4.69) is 6.58 Å². The Bertz CT molecular complexity index is 725. The third-order valence-corrected chi connectivity index (χ3v) is 7.72. The topological polar surface area (TPSA) is 115 Å². The molecule has 0 aromatic rings. The van der Waals surface area contributed by atoms with Crippen LogP contribution in [0, 0.1) is 28.6 Å². The van der Waals surface area contributed by atoms with Crippen molar-refractivity contribution in [3.8, 4) is 0 Å². The maximum absolute atomic E-state index is 12.3. The Balaban J connectivity index is 1.94. The van der Waals surface area contributed by atoms with Crippen LogP contribution in [0.5, 0.6) is 0 Å². The van der Waals surface area contributed by atoms with E-state index in [1.807, 2.05) is 6.08 Å². The number of carboxylic acid groups (broad SMARTS) is 2. The van der Waals surface area contributed by atoms with E-state index >= 15 is 0 Å². The first-order valence-corrected chi connectivity index (χ1v) is 8.83. The molecular formula is C19H24O6. The minimum Gasteiger partial charge on any atom is -0.481 e. The molecule has 0 aromatic heterocycles. The van der Waals surface area contributed by atoms with E-state index in [1.54, 1.807) is 0 Å². The van der Waals surface area contributed by atoms with Gasteiger partial charge < -0.3 is 20.4 Å². The fourth-order valence-corrected chi connectivity index (χ4v) is 6.48. The summed E-state index contributed by atoms with van der Waals surface area (Å²) in [5.74, 6) is -3.97. The van der Waals surface area contributed by atoms with Crippen molar-refractivity contribution in [3.63, 3.8) is 0 Å². The van der Waals surface area contributed by atoms with Crippen molar-refractivity contribution in [1.29, 1.82) is 0 Å². The molecule has 0 saturated heterocycles. The highest BCUT2D eigenvalue weighted by Crippen LogP contribution is 2.73. The number of aliphatic hydroxyl groups is 2. The minimum absolute atomic E-state index is 0.0655. The van der Waals surface area contributed by atoms with Crippen molar-refractivity contribution < 1.29 is 30.0 Å². The zero-order valence-corrected chi connectivity index (χ0v) is 14.2. The fourth-order valence-electron chi connectivity index (χ4n) is 6.48. The molecule has 4 aliphatic carbocycles. The predicted octanol–water partition coefficient (Wildman–Crippen LogP) is 1.58. The molecule has 2 bridgehead atoms. The van der Waals surface area contributed by atoms with Crippen LogP contribution in [0.2, 0.25) is 0 Å². The molecule has 1 spiro atoms. The third-order valence-electron chi connectivity index (χ3n) is 7.72. The van der Waals surface area contributed by atoms with E-state index in [9.17, 15) is 30.0 Å². The van der Waals surface area contributed by atoms with Crippen molar-refractivity contribution in [3.05, 3.63) is 23.8 Å². The molecule has 136 valence electrons. The molecule has 0 amide bonds. The highest BCUT2D eigenvalue weighted by molar-refractivity contribution is 5.81. The lowest BCUT2D eigenvalue weighted by atomic mass is 9.60. The Morgan fingerprint density at radius 1 is 1.32 bits per heavy atom. The standard InChI is InChI=1S/C19H24O6/c1-9-7-18-8-19(9,25)6-5-11(18)10-3-4-12(20)17(2,16(23)24)13(10)14(18)15(21)22/h3,11-14,20,25H,1,4-8H2,2H3,(H,21,22)(H,23,24). The van der Waals surface area contributed by atoms with E-state index in [0.29, 0.717) is 31.3 Å². The third kappa shape index (κ3) is 1.77. The first-order valence-electron chi connectivity index (χ1n) is 8.83. The maximum Gasteiger partial charge on any atom is 0.312 e. The number of hydrogen-bond acceptors (Lipinski definition) is 4. The summed E-state index contributed by atoms with van der Waals surface area (Å²) in [6.45, 7) is 5.46. The number of allylic oxidation sites excluding steroid dienone is 1. The molecule has 4 rings (SSSR count). The second kappa shape index (κ2) is 4.74. The van der Waals surface area contributed by atoms with Crippen LogP contribution in [0.25, 0.3) is 0 Å².